The lowest BCUT2D eigenvalue weighted by Crippen LogP contribution is -2.49. The van der Waals surface area contributed by atoms with E-state index in [1.165, 1.54) is 22.9 Å². The first-order valence-electron chi connectivity index (χ1n) is 12.5. The smallest absolute Gasteiger partial charge is 0.244 e. The molecule has 1 N–H and O–H groups in total. The molecule has 188 valence electrons. The molecule has 1 fully saturated rings. The highest BCUT2D eigenvalue weighted by molar-refractivity contribution is 5.92. The SMILES string of the molecule is Cc1ccc(Cn2nc(C)c(/C=C/C(=O)NCCC(=O)N3CCN(c4ccccc4)CC3)c2C)cc1. The van der Waals surface area contributed by atoms with Crippen LogP contribution in [0.25, 0.3) is 6.08 Å². The lowest BCUT2D eigenvalue weighted by Gasteiger charge is -2.36. The molecule has 0 unspecified atom stereocenters. The molecule has 7 heteroatoms. The maximum atomic E-state index is 12.6. The maximum absolute atomic E-state index is 12.6. The van der Waals surface area contributed by atoms with Crippen molar-refractivity contribution in [1.82, 2.24) is 20.0 Å². The van der Waals surface area contributed by atoms with Gasteiger partial charge in [0.05, 0.1) is 12.2 Å². The second kappa shape index (κ2) is 11.7. The average Bonchev–Trinajstić information content (AvgIpc) is 3.16. The molecule has 2 heterocycles. The van der Waals surface area contributed by atoms with Gasteiger partial charge in [-0.1, -0.05) is 48.0 Å². The van der Waals surface area contributed by atoms with Crippen molar-refractivity contribution in [3.8, 4) is 0 Å². The van der Waals surface area contributed by atoms with Gasteiger partial charge in [0, 0.05) is 62.2 Å². The molecule has 0 aliphatic carbocycles. The Morgan fingerprint density at radius 1 is 0.944 bits per heavy atom. The van der Waals surface area contributed by atoms with Crippen molar-refractivity contribution in [3.05, 3.63) is 88.8 Å². The minimum Gasteiger partial charge on any atom is -0.368 e. The van der Waals surface area contributed by atoms with Crippen molar-refractivity contribution in [2.24, 2.45) is 0 Å². The zero-order valence-electron chi connectivity index (χ0n) is 21.4. The van der Waals surface area contributed by atoms with E-state index in [1.807, 2.05) is 47.7 Å². The number of hydrogen-bond donors (Lipinski definition) is 1. The Hall–Kier alpha value is -3.87. The fraction of sp³-hybridized carbons (Fsp3) is 0.345. The van der Waals surface area contributed by atoms with Crippen LogP contribution in [-0.4, -0.2) is 59.2 Å². The van der Waals surface area contributed by atoms with Gasteiger partial charge in [-0.15, -0.1) is 0 Å². The number of nitrogens with zero attached hydrogens (tertiary/aromatic N) is 4. The van der Waals surface area contributed by atoms with E-state index in [4.69, 9.17) is 0 Å². The molecule has 0 saturated carbocycles. The van der Waals surface area contributed by atoms with Crippen LogP contribution in [0.5, 0.6) is 0 Å². The predicted octanol–water partition coefficient (Wildman–Crippen LogP) is 3.72. The van der Waals surface area contributed by atoms with Crippen molar-refractivity contribution in [3.63, 3.8) is 0 Å². The molecule has 0 bridgehead atoms. The molecule has 2 aromatic carbocycles. The van der Waals surface area contributed by atoms with Crippen molar-refractivity contribution in [1.29, 1.82) is 0 Å². The van der Waals surface area contributed by atoms with Crippen LogP contribution in [0.1, 0.15) is 34.5 Å². The van der Waals surface area contributed by atoms with Gasteiger partial charge in [0.1, 0.15) is 0 Å². The first kappa shape index (κ1) is 25.2. The van der Waals surface area contributed by atoms with E-state index in [0.29, 0.717) is 32.6 Å². The zero-order valence-corrected chi connectivity index (χ0v) is 21.4. The number of amides is 2. The first-order valence-corrected chi connectivity index (χ1v) is 12.5. The van der Waals surface area contributed by atoms with Gasteiger partial charge in [-0.25, -0.2) is 0 Å². The van der Waals surface area contributed by atoms with Crippen LogP contribution < -0.4 is 10.2 Å². The van der Waals surface area contributed by atoms with Crippen LogP contribution in [0.3, 0.4) is 0 Å². The molecule has 4 rings (SSSR count). The Morgan fingerprint density at radius 2 is 1.64 bits per heavy atom. The molecule has 36 heavy (non-hydrogen) atoms. The number of carbonyl (C=O) groups excluding carboxylic acids is 2. The number of anilines is 1. The first-order chi connectivity index (χ1) is 17.4. The van der Waals surface area contributed by atoms with Gasteiger partial charge in [0.25, 0.3) is 0 Å². The molecule has 0 atom stereocenters. The Morgan fingerprint density at radius 3 is 2.33 bits per heavy atom. The normalized spacial score (nSPS) is 13.9. The van der Waals surface area contributed by atoms with Crippen molar-refractivity contribution in [2.75, 3.05) is 37.6 Å². The van der Waals surface area contributed by atoms with E-state index >= 15 is 0 Å². The average molecular weight is 486 g/mol. The van der Waals surface area contributed by atoms with Crippen molar-refractivity contribution >= 4 is 23.6 Å². The van der Waals surface area contributed by atoms with Gasteiger partial charge in [-0.2, -0.15) is 5.10 Å². The van der Waals surface area contributed by atoms with Gasteiger partial charge in [0.15, 0.2) is 0 Å². The summed E-state index contributed by atoms with van der Waals surface area (Å²) in [7, 11) is 0. The molecule has 3 aromatic rings. The molecule has 7 nitrogen and oxygen atoms in total. The Bertz CT molecular complexity index is 1210. The number of carbonyl (C=O) groups is 2. The summed E-state index contributed by atoms with van der Waals surface area (Å²) in [6, 6.07) is 18.7. The molecular weight excluding hydrogens is 450 g/mol. The van der Waals surface area contributed by atoms with E-state index in [0.717, 1.165) is 30.0 Å². The molecule has 2 amide bonds. The fourth-order valence-corrected chi connectivity index (χ4v) is 4.49. The number of aromatic nitrogens is 2. The second-order valence-corrected chi connectivity index (χ2v) is 9.31. The van der Waals surface area contributed by atoms with Gasteiger partial charge < -0.3 is 15.1 Å². The molecule has 0 radical (unpaired) electrons. The zero-order chi connectivity index (χ0) is 25.5. The Balaban J connectivity index is 1.22. The quantitative estimate of drug-likeness (QED) is 0.494. The van der Waals surface area contributed by atoms with Crippen LogP contribution in [0.4, 0.5) is 5.69 Å². The fourth-order valence-electron chi connectivity index (χ4n) is 4.49. The van der Waals surface area contributed by atoms with Crippen molar-refractivity contribution < 1.29 is 9.59 Å². The minimum atomic E-state index is -0.207. The van der Waals surface area contributed by atoms with E-state index in [-0.39, 0.29) is 11.8 Å². The number of para-hydroxylation sites is 1. The summed E-state index contributed by atoms with van der Waals surface area (Å²) in [5, 5.41) is 7.49. The van der Waals surface area contributed by atoms with Gasteiger partial charge in [0.2, 0.25) is 11.8 Å². The molecular formula is C29H35N5O2. The van der Waals surface area contributed by atoms with E-state index < -0.39 is 0 Å². The van der Waals surface area contributed by atoms with Crippen LogP contribution in [0.15, 0.2) is 60.7 Å². The van der Waals surface area contributed by atoms with E-state index in [2.05, 4.69) is 58.6 Å². The number of benzene rings is 2. The van der Waals surface area contributed by atoms with Crippen LogP contribution in [0.2, 0.25) is 0 Å². The number of aryl methyl sites for hydroxylation is 2. The molecule has 1 saturated heterocycles. The highest BCUT2D eigenvalue weighted by atomic mass is 16.2. The number of rotatable bonds is 8. The van der Waals surface area contributed by atoms with E-state index in [9.17, 15) is 9.59 Å². The summed E-state index contributed by atoms with van der Waals surface area (Å²) >= 11 is 0. The summed E-state index contributed by atoms with van der Waals surface area (Å²) in [6.07, 6.45) is 3.64. The summed E-state index contributed by atoms with van der Waals surface area (Å²) in [5.74, 6) is -0.127. The van der Waals surface area contributed by atoms with Gasteiger partial charge >= 0.3 is 0 Å². The summed E-state index contributed by atoms with van der Waals surface area (Å²) in [6.45, 7) is 10.1. The standard InChI is InChI=1S/C29H35N5O2/c1-22-9-11-25(12-10-22)21-34-24(3)27(23(2)31-34)13-14-28(35)30-16-15-29(36)33-19-17-32(18-20-33)26-7-5-4-6-8-26/h4-14H,15-21H2,1-3H3,(H,30,35)/b14-13+. The monoisotopic (exact) mass is 485 g/mol. The number of nitrogens with one attached hydrogen (secondary N) is 1. The van der Waals surface area contributed by atoms with Crippen molar-refractivity contribution in [2.45, 2.75) is 33.7 Å². The minimum absolute atomic E-state index is 0.0797. The number of piperazine rings is 1. The Kier molecular flexibility index (Phi) is 8.21. The third-order valence-corrected chi connectivity index (χ3v) is 6.68. The van der Waals surface area contributed by atoms with Gasteiger partial charge in [-0.05, 0) is 44.5 Å². The van der Waals surface area contributed by atoms with Crippen LogP contribution >= 0.6 is 0 Å². The number of hydrogen-bond acceptors (Lipinski definition) is 4. The lowest BCUT2D eigenvalue weighted by molar-refractivity contribution is -0.131. The van der Waals surface area contributed by atoms with E-state index in [1.54, 1.807) is 0 Å². The molecule has 1 aliphatic rings. The van der Waals surface area contributed by atoms with Gasteiger partial charge in [-0.3, -0.25) is 14.3 Å². The molecule has 1 aromatic heterocycles. The summed E-state index contributed by atoms with van der Waals surface area (Å²) in [5.41, 5.74) is 6.45. The second-order valence-electron chi connectivity index (χ2n) is 9.31. The Labute approximate surface area is 213 Å². The lowest BCUT2D eigenvalue weighted by atomic mass is 10.1. The summed E-state index contributed by atoms with van der Waals surface area (Å²) < 4.78 is 1.97. The van der Waals surface area contributed by atoms with Crippen LogP contribution in [-0.2, 0) is 16.1 Å². The molecule has 1 aliphatic heterocycles. The highest BCUT2D eigenvalue weighted by Gasteiger charge is 2.21. The largest absolute Gasteiger partial charge is 0.368 e. The maximum Gasteiger partial charge on any atom is 0.244 e. The third kappa shape index (κ3) is 6.42. The highest BCUT2D eigenvalue weighted by Crippen LogP contribution is 2.17. The predicted molar refractivity (Wildman–Crippen MR) is 144 cm³/mol. The molecule has 0 spiro atoms. The summed E-state index contributed by atoms with van der Waals surface area (Å²) in [4.78, 5) is 29.1. The third-order valence-electron chi connectivity index (χ3n) is 6.68. The topological polar surface area (TPSA) is 70.5 Å². The van der Waals surface area contributed by atoms with Crippen LogP contribution in [0, 0.1) is 20.8 Å².